The third-order valence-electron chi connectivity index (χ3n) is 2.93. The van der Waals surface area contributed by atoms with Crippen molar-refractivity contribution in [2.45, 2.75) is 6.42 Å². The number of ether oxygens (including phenoxy) is 1. The fraction of sp³-hybridized carbons (Fsp3) is 0.357. The Kier molecular flexibility index (Phi) is 7.89. The Hall–Kier alpha value is -0.940. The van der Waals surface area contributed by atoms with Crippen molar-refractivity contribution in [1.29, 1.82) is 0 Å². The highest BCUT2D eigenvalue weighted by Gasteiger charge is 2.07. The lowest BCUT2D eigenvalue weighted by Crippen LogP contribution is -2.32. The van der Waals surface area contributed by atoms with Crippen molar-refractivity contribution in [1.82, 2.24) is 10.6 Å². The molecule has 0 spiro atoms. The molecule has 0 saturated heterocycles. The van der Waals surface area contributed by atoms with Crippen LogP contribution < -0.4 is 15.4 Å². The highest BCUT2D eigenvalue weighted by molar-refractivity contribution is 6.42. The summed E-state index contributed by atoms with van der Waals surface area (Å²) < 4.78 is 5.36. The average molecular weight is 352 g/mol. The Labute approximate surface area is 140 Å². The lowest BCUT2D eigenvalue weighted by Gasteiger charge is -2.14. The highest BCUT2D eigenvalue weighted by atomic mass is 35.5. The first-order chi connectivity index (χ1) is 9.65. The first-order valence-electron chi connectivity index (χ1n) is 6.38. The normalized spacial score (nSPS) is 13.9. The van der Waals surface area contributed by atoms with Gasteiger partial charge in [0.05, 0.1) is 10.0 Å². The van der Waals surface area contributed by atoms with Crippen LogP contribution in [0.2, 0.25) is 10.0 Å². The van der Waals surface area contributed by atoms with Crippen LogP contribution in [0.25, 0.3) is 0 Å². The van der Waals surface area contributed by atoms with E-state index in [1.165, 1.54) is 5.57 Å². The molecule has 1 aromatic rings. The molecule has 1 amide bonds. The van der Waals surface area contributed by atoms with E-state index >= 15 is 0 Å². The van der Waals surface area contributed by atoms with Gasteiger partial charge in [0, 0.05) is 19.2 Å². The van der Waals surface area contributed by atoms with E-state index in [0.717, 1.165) is 19.5 Å². The second-order valence-electron chi connectivity index (χ2n) is 4.46. The van der Waals surface area contributed by atoms with E-state index in [0.29, 0.717) is 22.3 Å². The third-order valence-corrected chi connectivity index (χ3v) is 3.67. The van der Waals surface area contributed by atoms with E-state index in [1.807, 2.05) is 0 Å². The maximum absolute atomic E-state index is 11.7. The molecule has 1 aliphatic heterocycles. The second kappa shape index (κ2) is 9.15. The Bertz CT molecular complexity index is 521. The van der Waals surface area contributed by atoms with Crippen LogP contribution in [0.4, 0.5) is 0 Å². The van der Waals surface area contributed by atoms with Gasteiger partial charge in [-0.2, -0.15) is 0 Å². The zero-order valence-electron chi connectivity index (χ0n) is 11.3. The monoisotopic (exact) mass is 350 g/mol. The largest absolute Gasteiger partial charge is 0.484 e. The topological polar surface area (TPSA) is 50.4 Å². The van der Waals surface area contributed by atoms with Crippen molar-refractivity contribution in [3.8, 4) is 5.75 Å². The van der Waals surface area contributed by atoms with Gasteiger partial charge in [0.2, 0.25) is 0 Å². The molecule has 4 nitrogen and oxygen atoms in total. The Morgan fingerprint density at radius 3 is 2.81 bits per heavy atom. The van der Waals surface area contributed by atoms with E-state index in [4.69, 9.17) is 27.9 Å². The first-order valence-corrected chi connectivity index (χ1v) is 7.14. The van der Waals surface area contributed by atoms with E-state index in [1.54, 1.807) is 18.2 Å². The van der Waals surface area contributed by atoms with Crippen molar-refractivity contribution in [2.24, 2.45) is 0 Å². The number of benzene rings is 1. The van der Waals surface area contributed by atoms with Gasteiger partial charge in [-0.3, -0.25) is 4.79 Å². The number of carbonyl (C=O) groups is 1. The zero-order valence-corrected chi connectivity index (χ0v) is 13.7. The summed E-state index contributed by atoms with van der Waals surface area (Å²) in [6.45, 7) is 2.36. The van der Waals surface area contributed by atoms with Gasteiger partial charge in [-0.25, -0.2) is 0 Å². The number of carbonyl (C=O) groups excluding carboxylic acids is 1. The minimum absolute atomic E-state index is 0. The fourth-order valence-electron chi connectivity index (χ4n) is 1.81. The van der Waals surface area contributed by atoms with Crippen molar-refractivity contribution >= 4 is 41.5 Å². The molecule has 0 aliphatic carbocycles. The molecular weight excluding hydrogens is 335 g/mol. The van der Waals surface area contributed by atoms with Gasteiger partial charge in [0.25, 0.3) is 5.91 Å². The van der Waals surface area contributed by atoms with Crippen LogP contribution in [-0.2, 0) is 4.79 Å². The van der Waals surface area contributed by atoms with E-state index in [-0.39, 0.29) is 24.9 Å². The molecule has 1 aromatic carbocycles. The number of hydrogen-bond acceptors (Lipinski definition) is 3. The Balaban J connectivity index is 0.00000220. The lowest BCUT2D eigenvalue weighted by molar-refractivity contribution is -0.122. The summed E-state index contributed by atoms with van der Waals surface area (Å²) in [6, 6.07) is 4.90. The Morgan fingerprint density at radius 2 is 2.14 bits per heavy atom. The smallest absolute Gasteiger partial charge is 0.258 e. The summed E-state index contributed by atoms with van der Waals surface area (Å²) in [6.07, 6.45) is 3.07. The van der Waals surface area contributed by atoms with Gasteiger partial charge in [-0.15, -0.1) is 12.4 Å². The summed E-state index contributed by atoms with van der Waals surface area (Å²) in [5.74, 6) is 0.367. The number of hydrogen-bond donors (Lipinski definition) is 2. The van der Waals surface area contributed by atoms with Gasteiger partial charge in [0.1, 0.15) is 5.75 Å². The predicted molar refractivity (Wildman–Crippen MR) is 87.8 cm³/mol. The molecule has 116 valence electrons. The zero-order chi connectivity index (χ0) is 14.4. The first kappa shape index (κ1) is 18.1. The van der Waals surface area contributed by atoms with Gasteiger partial charge in [-0.05, 0) is 25.1 Å². The summed E-state index contributed by atoms with van der Waals surface area (Å²) in [7, 11) is 0. The molecule has 2 N–H and O–H groups in total. The molecule has 0 atom stereocenters. The van der Waals surface area contributed by atoms with Crippen molar-refractivity contribution in [3.05, 3.63) is 39.9 Å². The SMILES string of the molecule is Cl.O=C(COc1ccc(Cl)c(Cl)c1)NCC1=CCNCC1. The molecule has 0 fully saturated rings. The number of halogens is 3. The van der Waals surface area contributed by atoms with Crippen molar-refractivity contribution in [3.63, 3.8) is 0 Å². The summed E-state index contributed by atoms with van der Waals surface area (Å²) in [5.41, 5.74) is 1.24. The molecule has 21 heavy (non-hydrogen) atoms. The van der Waals surface area contributed by atoms with Crippen molar-refractivity contribution < 1.29 is 9.53 Å². The number of nitrogens with one attached hydrogen (secondary N) is 2. The van der Waals surface area contributed by atoms with Crippen molar-refractivity contribution in [2.75, 3.05) is 26.2 Å². The van der Waals surface area contributed by atoms with Crippen LogP contribution in [0.5, 0.6) is 5.75 Å². The second-order valence-corrected chi connectivity index (χ2v) is 5.27. The summed E-state index contributed by atoms with van der Waals surface area (Å²) >= 11 is 11.7. The summed E-state index contributed by atoms with van der Waals surface area (Å²) in [5, 5.41) is 6.92. The van der Waals surface area contributed by atoms with Gasteiger partial charge in [-0.1, -0.05) is 34.9 Å². The van der Waals surface area contributed by atoms with Crippen LogP contribution in [0.1, 0.15) is 6.42 Å². The number of rotatable bonds is 5. The number of amides is 1. The van der Waals surface area contributed by atoms with Crippen LogP contribution in [0, 0.1) is 0 Å². The van der Waals surface area contributed by atoms with Crippen LogP contribution in [0.3, 0.4) is 0 Å². The highest BCUT2D eigenvalue weighted by Crippen LogP contribution is 2.26. The fourth-order valence-corrected chi connectivity index (χ4v) is 2.10. The lowest BCUT2D eigenvalue weighted by atomic mass is 10.1. The minimum atomic E-state index is -0.157. The maximum atomic E-state index is 11.7. The van der Waals surface area contributed by atoms with Crippen LogP contribution in [0.15, 0.2) is 29.8 Å². The van der Waals surface area contributed by atoms with Crippen LogP contribution in [-0.4, -0.2) is 32.1 Å². The molecule has 1 heterocycles. The van der Waals surface area contributed by atoms with E-state index in [9.17, 15) is 4.79 Å². The third kappa shape index (κ3) is 6.14. The Morgan fingerprint density at radius 1 is 1.33 bits per heavy atom. The molecule has 2 rings (SSSR count). The molecule has 0 radical (unpaired) electrons. The maximum Gasteiger partial charge on any atom is 0.258 e. The van der Waals surface area contributed by atoms with Gasteiger partial charge >= 0.3 is 0 Å². The molecule has 7 heteroatoms. The van der Waals surface area contributed by atoms with Crippen LogP contribution >= 0.6 is 35.6 Å². The van der Waals surface area contributed by atoms with Gasteiger partial charge < -0.3 is 15.4 Å². The average Bonchev–Trinajstić information content (AvgIpc) is 2.47. The molecule has 0 unspecified atom stereocenters. The standard InChI is InChI=1S/C14H16Cl2N2O2.ClH/c15-12-2-1-11(7-13(12)16)20-9-14(19)18-8-10-3-5-17-6-4-10;/h1-3,7,17H,4-6,8-9H2,(H,18,19);1H. The predicted octanol–water partition coefficient (Wildman–Crippen LogP) is 2.83. The summed E-state index contributed by atoms with van der Waals surface area (Å²) in [4.78, 5) is 11.7. The van der Waals surface area contributed by atoms with Gasteiger partial charge in [0.15, 0.2) is 6.61 Å². The molecule has 0 aromatic heterocycles. The molecule has 0 bridgehead atoms. The quantitative estimate of drug-likeness (QED) is 0.802. The molecule has 1 aliphatic rings. The molecule has 0 saturated carbocycles. The molecular formula is C14H17Cl3N2O2. The minimum Gasteiger partial charge on any atom is -0.484 e. The van der Waals surface area contributed by atoms with E-state index < -0.39 is 0 Å². The van der Waals surface area contributed by atoms with E-state index in [2.05, 4.69) is 16.7 Å².